The Bertz CT molecular complexity index is 586. The van der Waals surface area contributed by atoms with E-state index in [0.29, 0.717) is 23.9 Å². The van der Waals surface area contributed by atoms with E-state index in [0.717, 1.165) is 31.2 Å². The average molecular weight is 353 g/mol. The van der Waals surface area contributed by atoms with E-state index < -0.39 is 6.10 Å². The molecule has 2 rings (SSSR count). The topological polar surface area (TPSA) is 67.4 Å². The molecule has 1 saturated carbocycles. The molecule has 24 heavy (non-hydrogen) atoms. The third-order valence-electron chi connectivity index (χ3n) is 4.26. The molecular weight excluding hydrogens is 328 g/mol. The Labute approximate surface area is 148 Å². The first-order chi connectivity index (χ1) is 11.5. The number of hydrogen-bond acceptors (Lipinski definition) is 3. The van der Waals surface area contributed by atoms with Crippen LogP contribution in [0.4, 0.5) is 0 Å². The van der Waals surface area contributed by atoms with Crippen LogP contribution < -0.4 is 15.4 Å². The summed E-state index contributed by atoms with van der Waals surface area (Å²) in [4.78, 5) is 23.9. The second-order valence-electron chi connectivity index (χ2n) is 6.23. The maximum atomic E-state index is 12.0. The van der Waals surface area contributed by atoms with Crippen LogP contribution in [0.3, 0.4) is 0 Å². The van der Waals surface area contributed by atoms with E-state index in [1.54, 1.807) is 25.1 Å². The number of carbonyl (C=O) groups is 2. The van der Waals surface area contributed by atoms with Crippen molar-refractivity contribution < 1.29 is 14.3 Å². The van der Waals surface area contributed by atoms with Gasteiger partial charge in [0.2, 0.25) is 5.91 Å². The van der Waals surface area contributed by atoms with Gasteiger partial charge in [-0.1, -0.05) is 24.4 Å². The fourth-order valence-corrected chi connectivity index (χ4v) is 2.91. The minimum absolute atomic E-state index is 0.0997. The van der Waals surface area contributed by atoms with Crippen molar-refractivity contribution in [1.29, 1.82) is 0 Å². The Morgan fingerprint density at radius 1 is 1.25 bits per heavy atom. The molecule has 132 valence electrons. The van der Waals surface area contributed by atoms with Gasteiger partial charge in [0.1, 0.15) is 5.75 Å². The molecule has 0 spiro atoms. The summed E-state index contributed by atoms with van der Waals surface area (Å²) in [7, 11) is 0. The summed E-state index contributed by atoms with van der Waals surface area (Å²) in [6.07, 6.45) is 3.60. The first-order valence-electron chi connectivity index (χ1n) is 8.45. The van der Waals surface area contributed by atoms with Crippen molar-refractivity contribution >= 4 is 23.4 Å². The highest BCUT2D eigenvalue weighted by Gasteiger charge is 2.22. The van der Waals surface area contributed by atoms with Crippen LogP contribution in [0, 0.1) is 12.8 Å². The fraction of sp³-hybridized carbons (Fsp3) is 0.556. The van der Waals surface area contributed by atoms with Crippen LogP contribution in [0.1, 0.15) is 38.2 Å². The first kappa shape index (κ1) is 18.6. The van der Waals surface area contributed by atoms with E-state index in [1.807, 2.05) is 6.92 Å². The molecule has 5 nitrogen and oxygen atoms in total. The van der Waals surface area contributed by atoms with Crippen LogP contribution >= 0.6 is 11.6 Å². The van der Waals surface area contributed by atoms with Crippen molar-refractivity contribution in [2.45, 2.75) is 45.6 Å². The molecule has 2 amide bonds. The average Bonchev–Trinajstić information content (AvgIpc) is 3.09. The van der Waals surface area contributed by atoms with Gasteiger partial charge in [-0.25, -0.2) is 0 Å². The number of carbonyl (C=O) groups excluding carboxylic acids is 2. The van der Waals surface area contributed by atoms with E-state index in [1.165, 1.54) is 0 Å². The second-order valence-corrected chi connectivity index (χ2v) is 6.64. The second kappa shape index (κ2) is 8.92. The minimum atomic E-state index is -0.615. The van der Waals surface area contributed by atoms with Crippen molar-refractivity contribution in [3.05, 3.63) is 28.8 Å². The molecular formula is C18H25ClN2O3. The van der Waals surface area contributed by atoms with Gasteiger partial charge in [0.25, 0.3) is 5.91 Å². The summed E-state index contributed by atoms with van der Waals surface area (Å²) in [5.74, 6) is 0.644. The van der Waals surface area contributed by atoms with Crippen molar-refractivity contribution in [2.75, 3.05) is 13.1 Å². The molecule has 1 aliphatic rings. The van der Waals surface area contributed by atoms with Crippen molar-refractivity contribution in [3.63, 3.8) is 0 Å². The van der Waals surface area contributed by atoms with E-state index >= 15 is 0 Å². The smallest absolute Gasteiger partial charge is 0.260 e. The van der Waals surface area contributed by atoms with Gasteiger partial charge in [-0.3, -0.25) is 9.59 Å². The van der Waals surface area contributed by atoms with Crippen molar-refractivity contribution in [2.24, 2.45) is 5.92 Å². The lowest BCUT2D eigenvalue weighted by Gasteiger charge is -2.16. The van der Waals surface area contributed by atoms with E-state index in [4.69, 9.17) is 16.3 Å². The van der Waals surface area contributed by atoms with Gasteiger partial charge in [0, 0.05) is 24.0 Å². The van der Waals surface area contributed by atoms with Gasteiger partial charge in [-0.05, 0) is 50.5 Å². The minimum Gasteiger partial charge on any atom is -0.481 e. The molecule has 1 aliphatic carbocycles. The normalized spacial score (nSPS) is 15.8. The van der Waals surface area contributed by atoms with Gasteiger partial charge in [0.15, 0.2) is 6.10 Å². The standard InChI is InChI=1S/C18H25ClN2O3/c1-12-11-15(7-8-16(12)19)24-13(2)17(22)20-9-10-21-18(23)14-5-3-4-6-14/h7-8,11,13-14H,3-6,9-10H2,1-2H3,(H,20,22)(H,21,23). The molecule has 1 aromatic carbocycles. The fourth-order valence-electron chi connectivity index (χ4n) is 2.80. The van der Waals surface area contributed by atoms with E-state index in [2.05, 4.69) is 10.6 Å². The third kappa shape index (κ3) is 5.41. The molecule has 1 fully saturated rings. The molecule has 1 aromatic rings. The predicted molar refractivity (Wildman–Crippen MR) is 94.3 cm³/mol. The summed E-state index contributed by atoms with van der Waals surface area (Å²) in [5.41, 5.74) is 0.899. The molecule has 1 atom stereocenters. The van der Waals surface area contributed by atoms with Crippen molar-refractivity contribution in [3.8, 4) is 5.75 Å². The largest absolute Gasteiger partial charge is 0.481 e. The monoisotopic (exact) mass is 352 g/mol. The highest BCUT2D eigenvalue weighted by molar-refractivity contribution is 6.31. The maximum Gasteiger partial charge on any atom is 0.260 e. The van der Waals surface area contributed by atoms with Crippen LogP contribution in [0.2, 0.25) is 5.02 Å². The molecule has 0 aromatic heterocycles. The van der Waals surface area contributed by atoms with E-state index in [-0.39, 0.29) is 17.7 Å². The van der Waals surface area contributed by atoms with Crippen LogP contribution in [-0.2, 0) is 9.59 Å². The number of nitrogens with one attached hydrogen (secondary N) is 2. The number of hydrogen-bond donors (Lipinski definition) is 2. The SMILES string of the molecule is Cc1cc(OC(C)C(=O)NCCNC(=O)C2CCCC2)ccc1Cl. The molecule has 0 radical (unpaired) electrons. The highest BCUT2D eigenvalue weighted by Crippen LogP contribution is 2.24. The summed E-state index contributed by atoms with van der Waals surface area (Å²) < 4.78 is 5.61. The van der Waals surface area contributed by atoms with Crippen LogP contribution in [-0.4, -0.2) is 31.0 Å². The lowest BCUT2D eigenvalue weighted by Crippen LogP contribution is -2.41. The van der Waals surface area contributed by atoms with Crippen LogP contribution in [0.25, 0.3) is 0 Å². The Balaban J connectivity index is 1.67. The maximum absolute atomic E-state index is 12.0. The first-order valence-corrected chi connectivity index (χ1v) is 8.83. The quantitative estimate of drug-likeness (QED) is 0.741. The van der Waals surface area contributed by atoms with Gasteiger partial charge in [0.05, 0.1) is 0 Å². The predicted octanol–water partition coefficient (Wildman–Crippen LogP) is 2.84. The molecule has 1 unspecified atom stereocenters. The molecule has 2 N–H and O–H groups in total. The molecule has 0 bridgehead atoms. The van der Waals surface area contributed by atoms with Gasteiger partial charge in [-0.15, -0.1) is 0 Å². The summed E-state index contributed by atoms with van der Waals surface area (Å²) >= 11 is 5.97. The van der Waals surface area contributed by atoms with Gasteiger partial charge in [-0.2, -0.15) is 0 Å². The molecule has 0 aliphatic heterocycles. The number of rotatable bonds is 7. The van der Waals surface area contributed by atoms with Crippen molar-refractivity contribution in [1.82, 2.24) is 10.6 Å². The Morgan fingerprint density at radius 2 is 1.92 bits per heavy atom. The van der Waals surface area contributed by atoms with Gasteiger partial charge < -0.3 is 15.4 Å². The lowest BCUT2D eigenvalue weighted by atomic mass is 10.1. The van der Waals surface area contributed by atoms with Gasteiger partial charge >= 0.3 is 0 Å². The summed E-state index contributed by atoms with van der Waals surface area (Å²) in [6.45, 7) is 4.40. The number of aryl methyl sites for hydroxylation is 1. The lowest BCUT2D eigenvalue weighted by molar-refractivity contribution is -0.128. The zero-order chi connectivity index (χ0) is 17.5. The zero-order valence-electron chi connectivity index (χ0n) is 14.2. The Hall–Kier alpha value is -1.75. The Kier molecular flexibility index (Phi) is 6.91. The zero-order valence-corrected chi connectivity index (χ0v) is 15.0. The number of benzene rings is 1. The molecule has 6 heteroatoms. The highest BCUT2D eigenvalue weighted by atomic mass is 35.5. The Morgan fingerprint density at radius 3 is 2.58 bits per heavy atom. The number of ether oxygens (including phenoxy) is 1. The number of halogens is 1. The van der Waals surface area contributed by atoms with E-state index in [9.17, 15) is 9.59 Å². The summed E-state index contributed by atoms with van der Waals surface area (Å²) in [6, 6.07) is 5.28. The van der Waals surface area contributed by atoms with Crippen LogP contribution in [0.15, 0.2) is 18.2 Å². The third-order valence-corrected chi connectivity index (χ3v) is 4.68. The molecule has 0 heterocycles. The summed E-state index contributed by atoms with van der Waals surface area (Å²) in [5, 5.41) is 6.31. The number of amides is 2. The molecule has 0 saturated heterocycles. The van der Waals surface area contributed by atoms with Crippen LogP contribution in [0.5, 0.6) is 5.75 Å².